The van der Waals surface area contributed by atoms with E-state index >= 15 is 0 Å². The van der Waals surface area contributed by atoms with Gasteiger partial charge in [-0.2, -0.15) is 0 Å². The van der Waals surface area contributed by atoms with Crippen molar-refractivity contribution in [2.75, 3.05) is 6.54 Å². The van der Waals surface area contributed by atoms with E-state index in [1.54, 1.807) is 0 Å². The van der Waals surface area contributed by atoms with Crippen molar-refractivity contribution in [3.05, 3.63) is 0 Å². The van der Waals surface area contributed by atoms with Crippen LogP contribution in [0.5, 0.6) is 0 Å². The second-order valence-electron chi connectivity index (χ2n) is 6.06. The molecule has 1 aliphatic carbocycles. The zero-order chi connectivity index (χ0) is 12.1. The second kappa shape index (κ2) is 6.61. The molecule has 0 heterocycles. The maximum Gasteiger partial charge on any atom is 0.0515 e. The van der Waals surface area contributed by atoms with Crippen molar-refractivity contribution in [1.82, 2.24) is 5.32 Å². The molecule has 0 aromatic rings. The van der Waals surface area contributed by atoms with E-state index in [1.165, 1.54) is 19.3 Å². The highest BCUT2D eigenvalue weighted by Gasteiger charge is 2.24. The highest BCUT2D eigenvalue weighted by atomic mass is 16.3. The standard InChI is InChI=1S/C14H29NO/c1-10(7-13(4)16)9-15-14-6-5-11(2)12(3)8-14/h10-16H,5-9H2,1-4H3/t10-,11-,12+,13-,14+/m0/s1. The van der Waals surface area contributed by atoms with Gasteiger partial charge in [0.25, 0.3) is 0 Å². The van der Waals surface area contributed by atoms with Gasteiger partial charge >= 0.3 is 0 Å². The summed E-state index contributed by atoms with van der Waals surface area (Å²) in [4.78, 5) is 0. The average molecular weight is 227 g/mol. The molecule has 16 heavy (non-hydrogen) atoms. The number of hydrogen-bond donors (Lipinski definition) is 2. The molecule has 0 bridgehead atoms. The lowest BCUT2D eigenvalue weighted by Crippen LogP contribution is -2.38. The monoisotopic (exact) mass is 227 g/mol. The van der Waals surface area contributed by atoms with Crippen LogP contribution >= 0.6 is 0 Å². The van der Waals surface area contributed by atoms with Gasteiger partial charge in [0.15, 0.2) is 0 Å². The molecule has 0 amide bonds. The Labute approximate surface area is 101 Å². The van der Waals surface area contributed by atoms with Crippen molar-refractivity contribution >= 4 is 0 Å². The van der Waals surface area contributed by atoms with Gasteiger partial charge in [-0.25, -0.2) is 0 Å². The lowest BCUT2D eigenvalue weighted by atomic mass is 9.79. The molecule has 0 aliphatic heterocycles. The first kappa shape index (κ1) is 14.0. The summed E-state index contributed by atoms with van der Waals surface area (Å²) < 4.78 is 0. The lowest BCUT2D eigenvalue weighted by molar-refractivity contribution is 0.158. The summed E-state index contributed by atoms with van der Waals surface area (Å²) in [5.41, 5.74) is 0. The van der Waals surface area contributed by atoms with Gasteiger partial charge in [-0.1, -0.05) is 20.8 Å². The van der Waals surface area contributed by atoms with Crippen molar-refractivity contribution in [3.63, 3.8) is 0 Å². The predicted octanol–water partition coefficient (Wildman–Crippen LogP) is 2.81. The molecule has 1 aliphatic rings. The maximum atomic E-state index is 9.31. The summed E-state index contributed by atoms with van der Waals surface area (Å²) in [5, 5.41) is 13.0. The molecule has 1 fully saturated rings. The number of nitrogens with one attached hydrogen (secondary N) is 1. The normalized spacial score (nSPS) is 34.7. The average Bonchev–Trinajstić information content (AvgIpc) is 2.19. The summed E-state index contributed by atoms with van der Waals surface area (Å²) in [5.74, 6) is 2.33. The van der Waals surface area contributed by atoms with Gasteiger partial charge in [0.2, 0.25) is 0 Å². The summed E-state index contributed by atoms with van der Waals surface area (Å²) >= 11 is 0. The van der Waals surface area contributed by atoms with E-state index < -0.39 is 0 Å². The molecule has 0 unspecified atom stereocenters. The molecule has 96 valence electrons. The lowest BCUT2D eigenvalue weighted by Gasteiger charge is -2.33. The molecule has 0 saturated heterocycles. The Kier molecular flexibility index (Phi) is 5.77. The zero-order valence-electron chi connectivity index (χ0n) is 11.4. The van der Waals surface area contributed by atoms with E-state index in [1.807, 2.05) is 6.92 Å². The van der Waals surface area contributed by atoms with E-state index in [-0.39, 0.29) is 6.10 Å². The number of aliphatic hydroxyl groups is 1. The Bertz CT molecular complexity index is 193. The largest absolute Gasteiger partial charge is 0.393 e. The minimum absolute atomic E-state index is 0.165. The maximum absolute atomic E-state index is 9.31. The highest BCUT2D eigenvalue weighted by molar-refractivity contribution is 4.80. The third-order valence-corrected chi connectivity index (χ3v) is 4.10. The number of rotatable bonds is 5. The smallest absolute Gasteiger partial charge is 0.0515 e. The molecule has 2 N–H and O–H groups in total. The molecular formula is C14H29NO. The Morgan fingerprint density at radius 1 is 1.19 bits per heavy atom. The SMILES string of the molecule is C[C@H](CN[C@@H]1CC[C@H](C)[C@H](C)C1)C[C@H](C)O. The molecule has 5 atom stereocenters. The van der Waals surface area contributed by atoms with Gasteiger partial charge < -0.3 is 10.4 Å². The number of aliphatic hydroxyl groups excluding tert-OH is 1. The first-order valence-corrected chi connectivity index (χ1v) is 6.90. The minimum atomic E-state index is -0.165. The van der Waals surface area contributed by atoms with Crippen LogP contribution in [-0.2, 0) is 0 Å². The first-order valence-electron chi connectivity index (χ1n) is 6.90. The highest BCUT2D eigenvalue weighted by Crippen LogP contribution is 2.29. The van der Waals surface area contributed by atoms with E-state index in [4.69, 9.17) is 0 Å². The van der Waals surface area contributed by atoms with E-state index in [0.717, 1.165) is 24.8 Å². The van der Waals surface area contributed by atoms with Crippen LogP contribution in [0.4, 0.5) is 0 Å². The fraction of sp³-hybridized carbons (Fsp3) is 1.00. The molecule has 2 heteroatoms. The fourth-order valence-electron chi connectivity index (χ4n) is 2.77. The van der Waals surface area contributed by atoms with Gasteiger partial charge in [0, 0.05) is 6.04 Å². The molecule has 0 aromatic heterocycles. The van der Waals surface area contributed by atoms with Crippen LogP contribution in [0.3, 0.4) is 0 Å². The molecule has 0 spiro atoms. The van der Waals surface area contributed by atoms with Gasteiger partial charge in [-0.15, -0.1) is 0 Å². The van der Waals surface area contributed by atoms with Gasteiger partial charge in [-0.05, 0) is 56.9 Å². The second-order valence-corrected chi connectivity index (χ2v) is 6.06. The van der Waals surface area contributed by atoms with Gasteiger partial charge in [0.05, 0.1) is 6.10 Å². The van der Waals surface area contributed by atoms with Crippen LogP contribution in [0, 0.1) is 17.8 Å². The van der Waals surface area contributed by atoms with Crippen LogP contribution in [0.2, 0.25) is 0 Å². The van der Waals surface area contributed by atoms with Crippen LogP contribution in [0.1, 0.15) is 53.4 Å². The third kappa shape index (κ3) is 4.84. The molecule has 0 radical (unpaired) electrons. The third-order valence-electron chi connectivity index (χ3n) is 4.10. The Balaban J connectivity index is 2.18. The summed E-state index contributed by atoms with van der Waals surface area (Å²) in [6.07, 6.45) is 4.76. The molecule has 1 saturated carbocycles. The topological polar surface area (TPSA) is 32.3 Å². The Hall–Kier alpha value is -0.0800. The Morgan fingerprint density at radius 2 is 1.88 bits per heavy atom. The fourth-order valence-corrected chi connectivity index (χ4v) is 2.77. The van der Waals surface area contributed by atoms with Crippen molar-refractivity contribution in [3.8, 4) is 0 Å². The van der Waals surface area contributed by atoms with Crippen LogP contribution in [0.25, 0.3) is 0 Å². The summed E-state index contributed by atoms with van der Waals surface area (Å²) in [7, 11) is 0. The summed E-state index contributed by atoms with van der Waals surface area (Å²) in [6.45, 7) is 9.89. The van der Waals surface area contributed by atoms with Gasteiger partial charge in [-0.3, -0.25) is 0 Å². The molecule has 0 aromatic carbocycles. The van der Waals surface area contributed by atoms with Crippen molar-refractivity contribution < 1.29 is 5.11 Å². The van der Waals surface area contributed by atoms with E-state index in [0.29, 0.717) is 12.0 Å². The van der Waals surface area contributed by atoms with E-state index in [2.05, 4.69) is 26.1 Å². The molecular weight excluding hydrogens is 198 g/mol. The van der Waals surface area contributed by atoms with Crippen molar-refractivity contribution in [2.24, 2.45) is 17.8 Å². The van der Waals surface area contributed by atoms with Crippen molar-refractivity contribution in [1.29, 1.82) is 0 Å². The zero-order valence-corrected chi connectivity index (χ0v) is 11.4. The van der Waals surface area contributed by atoms with Crippen LogP contribution < -0.4 is 5.32 Å². The minimum Gasteiger partial charge on any atom is -0.393 e. The Morgan fingerprint density at radius 3 is 2.44 bits per heavy atom. The van der Waals surface area contributed by atoms with Crippen molar-refractivity contribution in [2.45, 2.75) is 65.5 Å². The molecule has 2 nitrogen and oxygen atoms in total. The predicted molar refractivity (Wildman–Crippen MR) is 69.4 cm³/mol. The summed E-state index contributed by atoms with van der Waals surface area (Å²) in [6, 6.07) is 0.711. The quantitative estimate of drug-likeness (QED) is 0.757. The first-order chi connectivity index (χ1) is 7.49. The number of hydrogen-bond acceptors (Lipinski definition) is 2. The van der Waals surface area contributed by atoms with Crippen LogP contribution in [0.15, 0.2) is 0 Å². The van der Waals surface area contributed by atoms with E-state index in [9.17, 15) is 5.11 Å². The molecule has 1 rings (SSSR count). The van der Waals surface area contributed by atoms with Gasteiger partial charge in [0.1, 0.15) is 0 Å². The van der Waals surface area contributed by atoms with Crippen LogP contribution in [-0.4, -0.2) is 23.8 Å².